The van der Waals surface area contributed by atoms with Gasteiger partial charge in [0, 0.05) is 6.20 Å². The fourth-order valence-electron chi connectivity index (χ4n) is 1.15. The van der Waals surface area contributed by atoms with E-state index < -0.39 is 6.43 Å². The van der Waals surface area contributed by atoms with Gasteiger partial charge in [-0.1, -0.05) is 0 Å². The van der Waals surface area contributed by atoms with Gasteiger partial charge in [0.15, 0.2) is 0 Å². The molecule has 1 aromatic heterocycles. The molecule has 0 aliphatic rings. The fraction of sp³-hybridized carbons (Fsp3) is 0.444. The van der Waals surface area contributed by atoms with Gasteiger partial charge < -0.3 is 5.11 Å². The van der Waals surface area contributed by atoms with E-state index in [4.69, 9.17) is 5.11 Å². The summed E-state index contributed by atoms with van der Waals surface area (Å²) in [5, 5.41) is 8.84. The van der Waals surface area contributed by atoms with Gasteiger partial charge in [-0.05, 0) is 30.5 Å². The van der Waals surface area contributed by atoms with Gasteiger partial charge in [-0.3, -0.25) is 4.98 Å². The molecule has 2 nitrogen and oxygen atoms in total. The Morgan fingerprint density at radius 2 is 2.00 bits per heavy atom. The molecule has 1 rings (SSSR count). The van der Waals surface area contributed by atoms with Gasteiger partial charge in [-0.25, -0.2) is 8.78 Å². The maximum Gasteiger partial charge on any atom is 0.280 e. The second-order valence-electron chi connectivity index (χ2n) is 2.88. The smallest absolute Gasteiger partial charge is 0.280 e. The Labute approximate surface area is 75.2 Å². The van der Waals surface area contributed by atoms with Gasteiger partial charge in [0.25, 0.3) is 6.43 Å². The lowest BCUT2D eigenvalue weighted by molar-refractivity contribution is 0.145. The van der Waals surface area contributed by atoms with Gasteiger partial charge >= 0.3 is 0 Å². The van der Waals surface area contributed by atoms with Crippen LogP contribution in [0.5, 0.6) is 0 Å². The molecule has 0 aliphatic carbocycles. The SMILES string of the molecule is Cc1c(CO)cnc(C(F)F)c1C. The summed E-state index contributed by atoms with van der Waals surface area (Å²) in [4.78, 5) is 3.60. The third-order valence-corrected chi connectivity index (χ3v) is 2.16. The van der Waals surface area contributed by atoms with Crippen molar-refractivity contribution in [3.8, 4) is 0 Å². The Balaban J connectivity index is 3.23. The number of alkyl halides is 2. The Morgan fingerprint density at radius 1 is 1.38 bits per heavy atom. The fourth-order valence-corrected chi connectivity index (χ4v) is 1.15. The molecule has 0 fully saturated rings. The van der Waals surface area contributed by atoms with Crippen LogP contribution in [0, 0.1) is 13.8 Å². The van der Waals surface area contributed by atoms with Gasteiger partial charge in [-0.2, -0.15) is 0 Å². The molecule has 0 saturated heterocycles. The monoisotopic (exact) mass is 187 g/mol. The summed E-state index contributed by atoms with van der Waals surface area (Å²) in [5.41, 5.74) is 1.55. The first-order valence-electron chi connectivity index (χ1n) is 3.92. The summed E-state index contributed by atoms with van der Waals surface area (Å²) in [6, 6.07) is 0. The van der Waals surface area contributed by atoms with Crippen LogP contribution in [0.15, 0.2) is 6.20 Å². The quantitative estimate of drug-likeness (QED) is 0.769. The zero-order chi connectivity index (χ0) is 10.0. The number of nitrogens with zero attached hydrogens (tertiary/aromatic N) is 1. The molecule has 0 aromatic carbocycles. The molecule has 0 aliphatic heterocycles. The van der Waals surface area contributed by atoms with Crippen LogP contribution < -0.4 is 0 Å². The molecule has 4 heteroatoms. The predicted molar refractivity (Wildman–Crippen MR) is 44.6 cm³/mol. The second-order valence-corrected chi connectivity index (χ2v) is 2.88. The van der Waals surface area contributed by atoms with Crippen LogP contribution in [0.4, 0.5) is 8.78 Å². The number of aromatic nitrogens is 1. The average Bonchev–Trinajstić information content (AvgIpc) is 2.09. The molecular weight excluding hydrogens is 176 g/mol. The Morgan fingerprint density at radius 3 is 2.46 bits per heavy atom. The molecule has 0 radical (unpaired) electrons. The summed E-state index contributed by atoms with van der Waals surface area (Å²) in [7, 11) is 0. The number of halogens is 2. The Hall–Kier alpha value is -1.03. The lowest BCUT2D eigenvalue weighted by atomic mass is 10.0. The number of pyridine rings is 1. The van der Waals surface area contributed by atoms with Crippen LogP contribution in [0.25, 0.3) is 0 Å². The van der Waals surface area contributed by atoms with Crippen molar-refractivity contribution in [3.05, 3.63) is 28.6 Å². The third kappa shape index (κ3) is 1.83. The number of hydrogen-bond donors (Lipinski definition) is 1. The van der Waals surface area contributed by atoms with Crippen molar-refractivity contribution in [2.75, 3.05) is 0 Å². The number of aliphatic hydroxyl groups excluding tert-OH is 1. The Bertz CT molecular complexity index is 313. The molecule has 0 saturated carbocycles. The lowest BCUT2D eigenvalue weighted by Gasteiger charge is -2.09. The van der Waals surface area contributed by atoms with Gasteiger partial charge in [0.2, 0.25) is 0 Å². The summed E-state index contributed by atoms with van der Waals surface area (Å²) in [5.74, 6) is 0. The molecule has 1 aromatic rings. The largest absolute Gasteiger partial charge is 0.392 e. The number of rotatable bonds is 2. The van der Waals surface area contributed by atoms with E-state index in [9.17, 15) is 8.78 Å². The maximum absolute atomic E-state index is 12.3. The summed E-state index contributed by atoms with van der Waals surface area (Å²) >= 11 is 0. The van der Waals surface area contributed by atoms with Crippen molar-refractivity contribution >= 4 is 0 Å². The Kier molecular flexibility index (Phi) is 2.93. The minimum atomic E-state index is -2.55. The van der Waals surface area contributed by atoms with E-state index in [1.54, 1.807) is 13.8 Å². The average molecular weight is 187 g/mol. The highest BCUT2D eigenvalue weighted by atomic mass is 19.3. The van der Waals surface area contributed by atoms with Gasteiger partial charge in [0.05, 0.1) is 6.61 Å². The first kappa shape index (κ1) is 10.1. The first-order valence-corrected chi connectivity index (χ1v) is 3.92. The molecule has 1 N–H and O–H groups in total. The maximum atomic E-state index is 12.3. The van der Waals surface area contributed by atoms with E-state index in [-0.39, 0.29) is 12.3 Å². The summed E-state index contributed by atoms with van der Waals surface area (Å²) < 4.78 is 24.6. The van der Waals surface area contributed by atoms with Crippen LogP contribution in [0.1, 0.15) is 28.8 Å². The normalized spacial score (nSPS) is 10.9. The highest BCUT2D eigenvalue weighted by molar-refractivity contribution is 5.34. The van der Waals surface area contributed by atoms with E-state index in [0.29, 0.717) is 16.7 Å². The van der Waals surface area contributed by atoms with E-state index in [1.165, 1.54) is 6.20 Å². The molecule has 0 amide bonds. The third-order valence-electron chi connectivity index (χ3n) is 2.16. The van der Waals surface area contributed by atoms with Crippen LogP contribution in [0.2, 0.25) is 0 Å². The van der Waals surface area contributed by atoms with E-state index in [2.05, 4.69) is 4.98 Å². The topological polar surface area (TPSA) is 33.1 Å². The van der Waals surface area contributed by atoms with Crippen molar-refractivity contribution < 1.29 is 13.9 Å². The number of aliphatic hydroxyl groups is 1. The van der Waals surface area contributed by atoms with E-state index in [1.807, 2.05) is 0 Å². The van der Waals surface area contributed by atoms with Crippen molar-refractivity contribution in [1.29, 1.82) is 0 Å². The molecule has 13 heavy (non-hydrogen) atoms. The minimum Gasteiger partial charge on any atom is -0.392 e. The zero-order valence-corrected chi connectivity index (χ0v) is 7.51. The predicted octanol–water partition coefficient (Wildman–Crippen LogP) is 2.13. The molecular formula is C9H11F2NO. The van der Waals surface area contributed by atoms with E-state index >= 15 is 0 Å². The van der Waals surface area contributed by atoms with Crippen molar-refractivity contribution in [3.63, 3.8) is 0 Å². The number of hydrogen-bond acceptors (Lipinski definition) is 2. The molecule has 72 valence electrons. The van der Waals surface area contributed by atoms with Gasteiger partial charge in [0.1, 0.15) is 5.69 Å². The van der Waals surface area contributed by atoms with Crippen LogP contribution in [-0.2, 0) is 6.61 Å². The van der Waals surface area contributed by atoms with Crippen molar-refractivity contribution in [2.45, 2.75) is 26.9 Å². The highest BCUT2D eigenvalue weighted by Gasteiger charge is 2.14. The summed E-state index contributed by atoms with van der Waals surface area (Å²) in [6.45, 7) is 3.13. The van der Waals surface area contributed by atoms with Crippen LogP contribution in [-0.4, -0.2) is 10.1 Å². The lowest BCUT2D eigenvalue weighted by Crippen LogP contribution is -2.01. The zero-order valence-electron chi connectivity index (χ0n) is 7.51. The first-order chi connectivity index (χ1) is 6.07. The summed E-state index contributed by atoms with van der Waals surface area (Å²) in [6.07, 6.45) is -1.25. The molecule has 1 heterocycles. The minimum absolute atomic E-state index is 0.164. The van der Waals surface area contributed by atoms with Crippen molar-refractivity contribution in [2.24, 2.45) is 0 Å². The van der Waals surface area contributed by atoms with Crippen molar-refractivity contribution in [1.82, 2.24) is 4.98 Å². The second kappa shape index (κ2) is 3.79. The van der Waals surface area contributed by atoms with E-state index in [0.717, 1.165) is 0 Å². The standard InChI is InChI=1S/C9H11F2NO/c1-5-6(2)8(9(10)11)12-3-7(5)4-13/h3,9,13H,4H2,1-2H3. The highest BCUT2D eigenvalue weighted by Crippen LogP contribution is 2.23. The van der Waals surface area contributed by atoms with Crippen LogP contribution in [0.3, 0.4) is 0 Å². The molecule has 0 bridgehead atoms. The van der Waals surface area contributed by atoms with Gasteiger partial charge in [-0.15, -0.1) is 0 Å². The van der Waals surface area contributed by atoms with Crippen LogP contribution >= 0.6 is 0 Å². The molecule has 0 spiro atoms. The molecule has 0 atom stereocenters. The molecule has 0 unspecified atom stereocenters.